The van der Waals surface area contributed by atoms with Crippen LogP contribution in [0.25, 0.3) is 0 Å². The molecule has 1 aromatic rings. The number of carboxylic acid groups (broad SMARTS) is 1. The van der Waals surface area contributed by atoms with E-state index >= 15 is 0 Å². The minimum absolute atomic E-state index is 0.0321. The van der Waals surface area contributed by atoms with Crippen LogP contribution >= 0.6 is 11.8 Å². The highest BCUT2D eigenvalue weighted by Gasteiger charge is 2.29. The Labute approximate surface area is 118 Å². The molecule has 106 valence electrons. The molecule has 0 aliphatic rings. The second-order valence-electron chi connectivity index (χ2n) is 4.86. The van der Waals surface area contributed by atoms with Crippen LogP contribution in [-0.4, -0.2) is 31.6 Å². The number of hydrogen-bond donors (Lipinski definition) is 1. The molecule has 0 fully saturated rings. The maximum absolute atomic E-state index is 11.0. The van der Waals surface area contributed by atoms with Crippen LogP contribution < -0.4 is 9.47 Å². The lowest BCUT2D eigenvalue weighted by molar-refractivity contribution is -0.138. The molecule has 0 aromatic heterocycles. The lowest BCUT2D eigenvalue weighted by atomic mass is 9.81. The SMILES string of the molecule is COc1cc(SC)c(OC)c(C(C)(C)CC(=O)O)c1. The van der Waals surface area contributed by atoms with E-state index in [1.807, 2.05) is 32.2 Å². The van der Waals surface area contributed by atoms with Gasteiger partial charge in [0.25, 0.3) is 0 Å². The number of aliphatic carboxylic acids is 1. The molecule has 1 rings (SSSR count). The van der Waals surface area contributed by atoms with Crippen molar-refractivity contribution in [1.29, 1.82) is 0 Å². The highest BCUT2D eigenvalue weighted by atomic mass is 32.2. The van der Waals surface area contributed by atoms with Gasteiger partial charge < -0.3 is 14.6 Å². The second-order valence-corrected chi connectivity index (χ2v) is 5.71. The molecule has 0 saturated heterocycles. The number of thioether (sulfide) groups is 1. The molecule has 1 aromatic carbocycles. The van der Waals surface area contributed by atoms with Crippen molar-refractivity contribution in [3.05, 3.63) is 17.7 Å². The summed E-state index contributed by atoms with van der Waals surface area (Å²) in [7, 11) is 3.20. The van der Waals surface area contributed by atoms with Crippen molar-refractivity contribution in [1.82, 2.24) is 0 Å². The molecule has 0 bridgehead atoms. The van der Waals surface area contributed by atoms with Gasteiger partial charge in [-0.25, -0.2) is 0 Å². The minimum Gasteiger partial charge on any atom is -0.497 e. The van der Waals surface area contributed by atoms with E-state index in [9.17, 15) is 4.79 Å². The molecular formula is C14H20O4S. The van der Waals surface area contributed by atoms with Gasteiger partial charge in [0.2, 0.25) is 0 Å². The Morgan fingerprint density at radius 3 is 2.37 bits per heavy atom. The van der Waals surface area contributed by atoms with Gasteiger partial charge in [-0.1, -0.05) is 13.8 Å². The summed E-state index contributed by atoms with van der Waals surface area (Å²) in [6.07, 6.45) is 1.98. The third kappa shape index (κ3) is 3.56. The highest BCUT2D eigenvalue weighted by Crippen LogP contribution is 2.42. The number of benzene rings is 1. The van der Waals surface area contributed by atoms with Crippen LogP contribution in [0, 0.1) is 0 Å². The van der Waals surface area contributed by atoms with E-state index in [1.54, 1.807) is 26.0 Å². The average molecular weight is 284 g/mol. The number of carboxylic acids is 1. The van der Waals surface area contributed by atoms with Gasteiger partial charge in [-0.15, -0.1) is 11.8 Å². The molecule has 19 heavy (non-hydrogen) atoms. The first-order valence-corrected chi connectivity index (χ1v) is 7.10. The van der Waals surface area contributed by atoms with Gasteiger partial charge in [0.1, 0.15) is 11.5 Å². The van der Waals surface area contributed by atoms with E-state index in [4.69, 9.17) is 14.6 Å². The van der Waals surface area contributed by atoms with Crippen molar-refractivity contribution in [2.45, 2.75) is 30.6 Å². The summed E-state index contributed by atoms with van der Waals surface area (Å²) >= 11 is 1.55. The zero-order valence-electron chi connectivity index (χ0n) is 11.9. The third-order valence-electron chi connectivity index (χ3n) is 3.01. The molecule has 1 N–H and O–H groups in total. The monoisotopic (exact) mass is 284 g/mol. The van der Waals surface area contributed by atoms with Gasteiger partial charge in [0, 0.05) is 11.0 Å². The topological polar surface area (TPSA) is 55.8 Å². The molecule has 0 radical (unpaired) electrons. The number of methoxy groups -OCH3 is 2. The standard InChI is InChI=1S/C14H20O4S/c1-14(2,8-12(15)16)10-6-9(17-3)7-11(19-5)13(10)18-4/h6-7H,8H2,1-5H3,(H,15,16). The lowest BCUT2D eigenvalue weighted by Gasteiger charge is -2.27. The van der Waals surface area contributed by atoms with Crippen LogP contribution in [0.3, 0.4) is 0 Å². The van der Waals surface area contributed by atoms with Gasteiger partial charge in [0.15, 0.2) is 0 Å². The molecule has 0 saturated carbocycles. The summed E-state index contributed by atoms with van der Waals surface area (Å²) in [5.74, 6) is 0.596. The molecule has 4 nitrogen and oxygen atoms in total. The molecule has 0 amide bonds. The normalized spacial score (nSPS) is 11.2. The van der Waals surface area contributed by atoms with Crippen molar-refractivity contribution < 1.29 is 19.4 Å². The molecule has 0 unspecified atom stereocenters. The van der Waals surface area contributed by atoms with E-state index in [-0.39, 0.29) is 6.42 Å². The lowest BCUT2D eigenvalue weighted by Crippen LogP contribution is -2.22. The zero-order chi connectivity index (χ0) is 14.6. The van der Waals surface area contributed by atoms with Crippen LogP contribution in [-0.2, 0) is 10.2 Å². The Bertz CT molecular complexity index is 469. The van der Waals surface area contributed by atoms with Gasteiger partial charge in [-0.2, -0.15) is 0 Å². The second kappa shape index (κ2) is 6.19. The Morgan fingerprint density at radius 1 is 1.32 bits per heavy atom. The van der Waals surface area contributed by atoms with Crippen molar-refractivity contribution in [3.63, 3.8) is 0 Å². The van der Waals surface area contributed by atoms with Gasteiger partial charge in [-0.3, -0.25) is 4.79 Å². The van der Waals surface area contributed by atoms with Crippen molar-refractivity contribution in [2.75, 3.05) is 20.5 Å². The number of hydrogen-bond acceptors (Lipinski definition) is 4. The Kier molecular flexibility index (Phi) is 5.11. The molecule has 0 aliphatic heterocycles. The van der Waals surface area contributed by atoms with E-state index in [1.165, 1.54) is 0 Å². The predicted octanol–water partition coefficient (Wildman–Crippen LogP) is 3.18. The molecule has 0 spiro atoms. The Balaban J connectivity index is 3.42. The maximum Gasteiger partial charge on any atom is 0.304 e. The minimum atomic E-state index is -0.833. The van der Waals surface area contributed by atoms with E-state index in [0.29, 0.717) is 5.75 Å². The fraction of sp³-hybridized carbons (Fsp3) is 0.500. The summed E-state index contributed by atoms with van der Waals surface area (Å²) in [5, 5.41) is 9.05. The van der Waals surface area contributed by atoms with E-state index in [2.05, 4.69) is 0 Å². The Hall–Kier alpha value is -1.36. The third-order valence-corrected chi connectivity index (χ3v) is 3.75. The average Bonchev–Trinajstić information content (AvgIpc) is 2.35. The van der Waals surface area contributed by atoms with Crippen LogP contribution in [0.1, 0.15) is 25.8 Å². The van der Waals surface area contributed by atoms with Crippen molar-refractivity contribution in [2.24, 2.45) is 0 Å². The highest BCUT2D eigenvalue weighted by molar-refractivity contribution is 7.98. The maximum atomic E-state index is 11.0. The molecule has 0 aliphatic carbocycles. The molecule has 0 atom stereocenters. The van der Waals surface area contributed by atoms with Crippen molar-refractivity contribution in [3.8, 4) is 11.5 Å². The summed E-state index contributed by atoms with van der Waals surface area (Å²) in [5.41, 5.74) is 0.317. The fourth-order valence-electron chi connectivity index (χ4n) is 2.03. The first-order valence-electron chi connectivity index (χ1n) is 5.88. The predicted molar refractivity (Wildman–Crippen MR) is 76.6 cm³/mol. The fourth-order valence-corrected chi connectivity index (χ4v) is 2.65. The molecule has 0 heterocycles. The largest absolute Gasteiger partial charge is 0.497 e. The van der Waals surface area contributed by atoms with Gasteiger partial charge in [-0.05, 0) is 18.4 Å². The zero-order valence-corrected chi connectivity index (χ0v) is 12.8. The number of ether oxygens (including phenoxy) is 2. The van der Waals surface area contributed by atoms with Crippen molar-refractivity contribution >= 4 is 17.7 Å². The van der Waals surface area contributed by atoms with Crippen LogP contribution in [0.2, 0.25) is 0 Å². The van der Waals surface area contributed by atoms with Crippen LogP contribution in [0.4, 0.5) is 0 Å². The van der Waals surface area contributed by atoms with Crippen LogP contribution in [0.5, 0.6) is 11.5 Å². The number of rotatable bonds is 6. The quantitative estimate of drug-likeness (QED) is 0.813. The summed E-state index contributed by atoms with van der Waals surface area (Å²) < 4.78 is 10.7. The number of carbonyl (C=O) groups is 1. The first kappa shape index (κ1) is 15.7. The molecular weight excluding hydrogens is 264 g/mol. The Morgan fingerprint density at radius 2 is 1.95 bits per heavy atom. The summed E-state index contributed by atoms with van der Waals surface area (Å²) in [6, 6.07) is 3.74. The smallest absolute Gasteiger partial charge is 0.304 e. The van der Waals surface area contributed by atoms with E-state index in [0.717, 1.165) is 16.2 Å². The molecule has 5 heteroatoms. The van der Waals surface area contributed by atoms with Gasteiger partial charge in [0.05, 0.1) is 25.5 Å². The summed E-state index contributed by atoms with van der Waals surface area (Å²) in [6.45, 7) is 3.78. The van der Waals surface area contributed by atoms with Gasteiger partial charge >= 0.3 is 5.97 Å². The van der Waals surface area contributed by atoms with E-state index < -0.39 is 11.4 Å². The summed E-state index contributed by atoms with van der Waals surface area (Å²) in [4.78, 5) is 12.0. The first-order chi connectivity index (χ1) is 8.85. The van der Waals surface area contributed by atoms with Crippen LogP contribution in [0.15, 0.2) is 17.0 Å².